The van der Waals surface area contributed by atoms with Crippen LogP contribution in [0.1, 0.15) is 12.8 Å². The van der Waals surface area contributed by atoms with Crippen LogP contribution in [0.5, 0.6) is 5.88 Å². The van der Waals surface area contributed by atoms with Crippen LogP contribution >= 0.6 is 0 Å². The van der Waals surface area contributed by atoms with E-state index in [-0.39, 0.29) is 17.8 Å². The molecule has 1 aromatic heterocycles. The predicted octanol–water partition coefficient (Wildman–Crippen LogP) is 0.487. The van der Waals surface area contributed by atoms with E-state index >= 15 is 0 Å². The molecule has 0 aromatic carbocycles. The van der Waals surface area contributed by atoms with Gasteiger partial charge in [0.15, 0.2) is 0 Å². The van der Waals surface area contributed by atoms with E-state index in [1.807, 2.05) is 4.90 Å². The molecule has 2 aliphatic heterocycles. The van der Waals surface area contributed by atoms with Gasteiger partial charge in [-0.15, -0.1) is 0 Å². The summed E-state index contributed by atoms with van der Waals surface area (Å²) in [6.07, 6.45) is 2.01. The minimum Gasteiger partial charge on any atom is -0.479 e. The highest BCUT2D eigenvalue weighted by molar-refractivity contribution is 6.06. The zero-order valence-corrected chi connectivity index (χ0v) is 13.2. The highest BCUT2D eigenvalue weighted by atomic mass is 19.1. The molecular weight excluding hydrogens is 305 g/mol. The Balaban J connectivity index is 1.79. The third-order valence-electron chi connectivity index (χ3n) is 4.68. The number of hydrogen-bond donors (Lipinski definition) is 0. The van der Waals surface area contributed by atoms with Crippen LogP contribution in [0.3, 0.4) is 0 Å². The van der Waals surface area contributed by atoms with Crippen molar-refractivity contribution in [3.8, 4) is 5.88 Å². The lowest BCUT2D eigenvalue weighted by Crippen LogP contribution is -2.55. The minimum atomic E-state index is -0.799. The molecule has 0 bridgehead atoms. The smallest absolute Gasteiger partial charge is 0.327 e. The largest absolute Gasteiger partial charge is 0.479 e. The van der Waals surface area contributed by atoms with Crippen LogP contribution in [-0.4, -0.2) is 71.5 Å². The number of piperidine rings is 1. The second-order valence-corrected chi connectivity index (χ2v) is 5.75. The molecule has 8 nitrogen and oxygen atoms in total. The molecule has 0 saturated carbocycles. The van der Waals surface area contributed by atoms with Crippen molar-refractivity contribution < 1.29 is 18.7 Å². The lowest BCUT2D eigenvalue weighted by atomic mass is 9.86. The highest BCUT2D eigenvalue weighted by Crippen LogP contribution is 2.36. The van der Waals surface area contributed by atoms with E-state index in [1.54, 1.807) is 7.05 Å². The summed E-state index contributed by atoms with van der Waals surface area (Å²) in [6, 6.07) is -0.289. The van der Waals surface area contributed by atoms with Crippen LogP contribution in [-0.2, 0) is 4.79 Å². The quantitative estimate of drug-likeness (QED) is 0.737. The van der Waals surface area contributed by atoms with Crippen molar-refractivity contribution in [3.05, 3.63) is 12.0 Å². The number of rotatable bonds is 2. The molecule has 1 aromatic rings. The Bertz CT molecular complexity index is 660. The number of nitrogens with zero attached hydrogens (tertiary/aromatic N) is 5. The average Bonchev–Trinajstić information content (AvgIpc) is 2.73. The van der Waals surface area contributed by atoms with Gasteiger partial charge in [0.2, 0.25) is 11.8 Å². The molecule has 2 saturated heterocycles. The molecule has 2 aliphatic rings. The zero-order valence-electron chi connectivity index (χ0n) is 13.2. The maximum atomic E-state index is 13.4. The fraction of sp³-hybridized carbons (Fsp3) is 0.571. The lowest BCUT2D eigenvalue weighted by Gasteiger charge is -2.40. The van der Waals surface area contributed by atoms with Crippen molar-refractivity contribution in [2.24, 2.45) is 0 Å². The molecule has 0 radical (unpaired) electrons. The fourth-order valence-corrected chi connectivity index (χ4v) is 3.21. The maximum absolute atomic E-state index is 13.4. The summed E-state index contributed by atoms with van der Waals surface area (Å²) >= 11 is 0. The van der Waals surface area contributed by atoms with Crippen molar-refractivity contribution in [2.75, 3.05) is 39.2 Å². The number of anilines is 1. The number of amides is 3. The van der Waals surface area contributed by atoms with Gasteiger partial charge < -0.3 is 14.5 Å². The van der Waals surface area contributed by atoms with Gasteiger partial charge in [-0.25, -0.2) is 9.78 Å². The Morgan fingerprint density at radius 2 is 1.91 bits per heavy atom. The number of methoxy groups -OCH3 is 1. The summed E-state index contributed by atoms with van der Waals surface area (Å²) in [7, 11) is 4.49. The van der Waals surface area contributed by atoms with Crippen LogP contribution in [0.2, 0.25) is 0 Å². The topological polar surface area (TPSA) is 78.9 Å². The van der Waals surface area contributed by atoms with Crippen LogP contribution in [0.25, 0.3) is 0 Å². The molecular formula is C14H18FN5O3. The maximum Gasteiger partial charge on any atom is 0.327 e. The second-order valence-electron chi connectivity index (χ2n) is 5.75. The van der Waals surface area contributed by atoms with E-state index in [0.29, 0.717) is 31.9 Å². The Hall–Kier alpha value is -2.45. The molecule has 2 fully saturated rings. The molecule has 0 N–H and O–H groups in total. The summed E-state index contributed by atoms with van der Waals surface area (Å²) < 4.78 is 18.3. The number of imide groups is 1. The fourth-order valence-electron chi connectivity index (χ4n) is 3.21. The summed E-state index contributed by atoms with van der Waals surface area (Å²) in [4.78, 5) is 37.0. The molecule has 0 unspecified atom stereocenters. The predicted molar refractivity (Wildman–Crippen MR) is 78.6 cm³/mol. The summed E-state index contributed by atoms with van der Waals surface area (Å²) in [5, 5.41) is 0. The molecule has 124 valence electrons. The number of halogens is 1. The normalized spacial score (nSPS) is 20.6. The van der Waals surface area contributed by atoms with Gasteiger partial charge in [0, 0.05) is 27.2 Å². The summed E-state index contributed by atoms with van der Waals surface area (Å²) in [5.74, 6) is -0.560. The van der Waals surface area contributed by atoms with Crippen LogP contribution in [0.15, 0.2) is 6.20 Å². The number of ether oxygens (including phenoxy) is 1. The number of carbonyl (C=O) groups is 2. The Kier molecular flexibility index (Phi) is 3.57. The van der Waals surface area contributed by atoms with E-state index in [1.165, 1.54) is 19.1 Å². The van der Waals surface area contributed by atoms with Gasteiger partial charge >= 0.3 is 6.03 Å². The first kappa shape index (κ1) is 15.4. The molecule has 9 heteroatoms. The van der Waals surface area contributed by atoms with E-state index in [9.17, 15) is 14.0 Å². The van der Waals surface area contributed by atoms with Gasteiger partial charge in [0.1, 0.15) is 5.54 Å². The van der Waals surface area contributed by atoms with Crippen molar-refractivity contribution in [1.29, 1.82) is 0 Å². The standard InChI is InChI=1S/C14H18FN5O3/c1-18-11(21)14(19(2)13(18)22)4-6-20(7-5-14)12-16-8-9(15)10(17-12)23-3/h8H,4-7H2,1-3H3. The molecule has 0 aliphatic carbocycles. The monoisotopic (exact) mass is 323 g/mol. The first-order valence-corrected chi connectivity index (χ1v) is 7.28. The average molecular weight is 323 g/mol. The molecule has 23 heavy (non-hydrogen) atoms. The van der Waals surface area contributed by atoms with Crippen molar-refractivity contribution in [3.63, 3.8) is 0 Å². The third kappa shape index (κ3) is 2.18. The molecule has 1 spiro atoms. The minimum absolute atomic E-state index is 0.112. The van der Waals surface area contributed by atoms with Gasteiger partial charge in [0.25, 0.3) is 11.8 Å². The number of carbonyl (C=O) groups excluding carboxylic acids is 2. The van der Waals surface area contributed by atoms with Crippen molar-refractivity contribution in [1.82, 2.24) is 19.8 Å². The molecule has 0 atom stereocenters. The lowest BCUT2D eigenvalue weighted by molar-refractivity contribution is -0.133. The molecule has 3 amide bonds. The Morgan fingerprint density at radius 3 is 2.43 bits per heavy atom. The van der Waals surface area contributed by atoms with Gasteiger partial charge in [-0.1, -0.05) is 0 Å². The Morgan fingerprint density at radius 1 is 1.26 bits per heavy atom. The number of likely N-dealkylation sites (N-methyl/N-ethyl adjacent to an activating group) is 2. The number of urea groups is 1. The van der Waals surface area contributed by atoms with Gasteiger partial charge in [0.05, 0.1) is 13.3 Å². The molecule has 3 rings (SSSR count). The van der Waals surface area contributed by atoms with E-state index < -0.39 is 11.4 Å². The highest BCUT2D eigenvalue weighted by Gasteiger charge is 2.55. The van der Waals surface area contributed by atoms with Crippen molar-refractivity contribution >= 4 is 17.9 Å². The van der Waals surface area contributed by atoms with Gasteiger partial charge in [-0.3, -0.25) is 9.69 Å². The Labute approximate surface area is 132 Å². The summed E-state index contributed by atoms with van der Waals surface area (Å²) in [5.41, 5.74) is -0.799. The van der Waals surface area contributed by atoms with Crippen LogP contribution in [0, 0.1) is 5.82 Å². The number of hydrogen-bond acceptors (Lipinski definition) is 6. The van der Waals surface area contributed by atoms with E-state index in [2.05, 4.69) is 9.97 Å². The van der Waals surface area contributed by atoms with E-state index in [0.717, 1.165) is 11.1 Å². The van der Waals surface area contributed by atoms with Gasteiger partial charge in [-0.2, -0.15) is 9.37 Å². The van der Waals surface area contributed by atoms with Crippen LogP contribution < -0.4 is 9.64 Å². The SMILES string of the molecule is COc1nc(N2CCC3(CC2)C(=O)N(C)C(=O)N3C)ncc1F. The van der Waals surface area contributed by atoms with E-state index in [4.69, 9.17) is 4.74 Å². The van der Waals surface area contributed by atoms with Gasteiger partial charge in [-0.05, 0) is 12.8 Å². The van der Waals surface area contributed by atoms with Crippen molar-refractivity contribution in [2.45, 2.75) is 18.4 Å². The first-order chi connectivity index (χ1) is 10.9. The first-order valence-electron chi connectivity index (χ1n) is 7.28. The van der Waals surface area contributed by atoms with Crippen LogP contribution in [0.4, 0.5) is 15.1 Å². The third-order valence-corrected chi connectivity index (χ3v) is 4.68. The summed E-state index contributed by atoms with van der Waals surface area (Å²) in [6.45, 7) is 0.984. The second kappa shape index (κ2) is 5.32. The zero-order chi connectivity index (χ0) is 16.8. The molecule has 3 heterocycles. The number of aromatic nitrogens is 2.